The van der Waals surface area contributed by atoms with Crippen molar-refractivity contribution in [1.29, 1.82) is 0 Å². The van der Waals surface area contributed by atoms with Crippen molar-refractivity contribution in [3.63, 3.8) is 0 Å². The minimum absolute atomic E-state index is 0.158. The lowest BCUT2D eigenvalue weighted by molar-refractivity contribution is -0.111. The number of hydrogen-bond donors (Lipinski definition) is 1. The Kier molecular flexibility index (Phi) is 5.08. The zero-order valence-corrected chi connectivity index (χ0v) is 14.0. The number of ether oxygens (including phenoxy) is 1. The predicted octanol–water partition coefficient (Wildman–Crippen LogP) is 5.08. The van der Waals surface area contributed by atoms with Crippen LogP contribution in [-0.2, 0) is 4.79 Å². The molecule has 120 valence electrons. The predicted molar refractivity (Wildman–Crippen MR) is 100 cm³/mol. The Bertz CT molecular complexity index is 836. The van der Waals surface area contributed by atoms with Crippen molar-refractivity contribution in [1.82, 2.24) is 0 Å². The Hall–Kier alpha value is -2.85. The summed E-state index contributed by atoms with van der Waals surface area (Å²) in [5.41, 5.74) is 1.92. The number of thiophene rings is 1. The smallest absolute Gasteiger partial charge is 0.248 e. The van der Waals surface area contributed by atoms with E-state index in [-0.39, 0.29) is 5.91 Å². The molecule has 0 saturated heterocycles. The SMILES string of the molecule is COc1ccc(NC(=O)/C=C/c2ccc(-c3ccccc3)s2)cc1. The molecule has 0 spiro atoms. The number of nitrogens with one attached hydrogen (secondary N) is 1. The molecule has 0 radical (unpaired) electrons. The molecule has 2 aromatic carbocycles. The summed E-state index contributed by atoms with van der Waals surface area (Å²) in [7, 11) is 1.61. The van der Waals surface area contributed by atoms with E-state index in [0.717, 1.165) is 16.3 Å². The maximum atomic E-state index is 12.0. The van der Waals surface area contributed by atoms with Gasteiger partial charge in [-0.05, 0) is 48.0 Å². The summed E-state index contributed by atoms with van der Waals surface area (Å²) in [5, 5.41) is 2.83. The normalized spacial score (nSPS) is 10.7. The van der Waals surface area contributed by atoms with E-state index in [1.165, 1.54) is 10.4 Å². The quantitative estimate of drug-likeness (QED) is 0.661. The molecule has 1 heterocycles. The minimum atomic E-state index is -0.158. The van der Waals surface area contributed by atoms with Crippen LogP contribution in [0, 0.1) is 0 Å². The monoisotopic (exact) mass is 335 g/mol. The fourth-order valence-electron chi connectivity index (χ4n) is 2.22. The molecule has 3 aromatic rings. The van der Waals surface area contributed by atoms with Crippen LogP contribution < -0.4 is 10.1 Å². The summed E-state index contributed by atoms with van der Waals surface area (Å²) in [5.74, 6) is 0.602. The van der Waals surface area contributed by atoms with Crippen LogP contribution in [-0.4, -0.2) is 13.0 Å². The van der Waals surface area contributed by atoms with E-state index >= 15 is 0 Å². The van der Waals surface area contributed by atoms with Crippen molar-refractivity contribution in [3.05, 3.63) is 77.7 Å². The molecule has 0 bridgehead atoms. The first kappa shape index (κ1) is 16.0. The standard InChI is InChI=1S/C20H17NO2S/c1-23-17-9-7-16(8-10-17)21-20(22)14-12-18-11-13-19(24-18)15-5-3-2-4-6-15/h2-14H,1H3,(H,21,22)/b14-12+. The highest BCUT2D eigenvalue weighted by molar-refractivity contribution is 7.16. The number of anilines is 1. The van der Waals surface area contributed by atoms with Crippen LogP contribution in [0.3, 0.4) is 0 Å². The summed E-state index contributed by atoms with van der Waals surface area (Å²) in [6.45, 7) is 0. The second kappa shape index (κ2) is 7.62. The number of hydrogen-bond acceptors (Lipinski definition) is 3. The minimum Gasteiger partial charge on any atom is -0.497 e. The lowest BCUT2D eigenvalue weighted by Crippen LogP contribution is -2.07. The second-order valence-electron chi connectivity index (χ2n) is 5.12. The Morgan fingerprint density at radius 2 is 1.75 bits per heavy atom. The molecule has 24 heavy (non-hydrogen) atoms. The largest absolute Gasteiger partial charge is 0.497 e. The zero-order valence-electron chi connectivity index (χ0n) is 13.2. The van der Waals surface area contributed by atoms with E-state index in [1.54, 1.807) is 24.5 Å². The fourth-order valence-corrected chi connectivity index (χ4v) is 3.13. The highest BCUT2D eigenvalue weighted by atomic mass is 32.1. The van der Waals surface area contributed by atoms with Gasteiger partial charge in [0.05, 0.1) is 7.11 Å². The first-order chi connectivity index (χ1) is 11.7. The molecule has 1 aromatic heterocycles. The van der Waals surface area contributed by atoms with E-state index in [2.05, 4.69) is 23.5 Å². The number of rotatable bonds is 5. The van der Waals surface area contributed by atoms with Gasteiger partial charge in [-0.3, -0.25) is 4.79 Å². The first-order valence-electron chi connectivity index (χ1n) is 7.53. The molecule has 1 N–H and O–H groups in total. The Balaban J connectivity index is 1.63. The summed E-state index contributed by atoms with van der Waals surface area (Å²) in [4.78, 5) is 14.2. The Morgan fingerprint density at radius 1 is 1.00 bits per heavy atom. The van der Waals surface area contributed by atoms with Gasteiger partial charge in [-0.25, -0.2) is 0 Å². The molecular weight excluding hydrogens is 318 g/mol. The highest BCUT2D eigenvalue weighted by Crippen LogP contribution is 2.28. The van der Waals surface area contributed by atoms with Gasteiger partial charge in [0.25, 0.3) is 0 Å². The molecule has 0 aliphatic rings. The van der Waals surface area contributed by atoms with Crippen molar-refractivity contribution in [2.24, 2.45) is 0 Å². The lowest BCUT2D eigenvalue weighted by atomic mass is 10.2. The number of benzene rings is 2. The van der Waals surface area contributed by atoms with Crippen molar-refractivity contribution >= 4 is 29.0 Å². The van der Waals surface area contributed by atoms with E-state index in [0.29, 0.717) is 0 Å². The summed E-state index contributed by atoms with van der Waals surface area (Å²) in [6, 6.07) is 21.5. The number of amides is 1. The van der Waals surface area contributed by atoms with Crippen molar-refractivity contribution in [3.8, 4) is 16.2 Å². The third-order valence-electron chi connectivity index (χ3n) is 3.44. The summed E-state index contributed by atoms with van der Waals surface area (Å²) < 4.78 is 5.09. The third-order valence-corrected chi connectivity index (χ3v) is 4.54. The maximum absolute atomic E-state index is 12.0. The van der Waals surface area contributed by atoms with Crippen molar-refractivity contribution < 1.29 is 9.53 Å². The molecular formula is C20H17NO2S. The third kappa shape index (κ3) is 4.12. The maximum Gasteiger partial charge on any atom is 0.248 e. The van der Waals surface area contributed by atoms with Gasteiger partial charge >= 0.3 is 0 Å². The molecule has 0 aliphatic carbocycles. The van der Waals surface area contributed by atoms with Gasteiger partial charge in [0.15, 0.2) is 0 Å². The second-order valence-corrected chi connectivity index (χ2v) is 6.23. The summed E-state index contributed by atoms with van der Waals surface area (Å²) >= 11 is 1.66. The molecule has 1 amide bonds. The van der Waals surface area contributed by atoms with Gasteiger partial charge in [0, 0.05) is 21.5 Å². The highest BCUT2D eigenvalue weighted by Gasteiger charge is 2.02. The molecule has 3 nitrogen and oxygen atoms in total. The van der Waals surface area contributed by atoms with Crippen LogP contribution in [0.25, 0.3) is 16.5 Å². The van der Waals surface area contributed by atoms with E-state index in [4.69, 9.17) is 4.74 Å². The lowest BCUT2D eigenvalue weighted by Gasteiger charge is -2.03. The van der Waals surface area contributed by atoms with Gasteiger partial charge in [-0.15, -0.1) is 11.3 Å². The molecule has 0 atom stereocenters. The van der Waals surface area contributed by atoms with Gasteiger partial charge in [-0.1, -0.05) is 30.3 Å². The number of carbonyl (C=O) groups is 1. The molecule has 4 heteroatoms. The molecule has 0 aliphatic heterocycles. The molecule has 0 unspecified atom stereocenters. The van der Waals surface area contributed by atoms with Crippen LogP contribution in [0.4, 0.5) is 5.69 Å². The molecule has 3 rings (SSSR count). The molecule has 0 saturated carbocycles. The van der Waals surface area contributed by atoms with Gasteiger partial charge in [0.1, 0.15) is 5.75 Å². The van der Waals surface area contributed by atoms with Gasteiger partial charge in [0.2, 0.25) is 5.91 Å². The Morgan fingerprint density at radius 3 is 2.46 bits per heavy atom. The van der Waals surface area contributed by atoms with Crippen LogP contribution in [0.2, 0.25) is 0 Å². The topological polar surface area (TPSA) is 38.3 Å². The average molecular weight is 335 g/mol. The van der Waals surface area contributed by atoms with Crippen molar-refractivity contribution in [2.45, 2.75) is 0 Å². The van der Waals surface area contributed by atoms with E-state index in [1.807, 2.05) is 54.6 Å². The summed E-state index contributed by atoms with van der Waals surface area (Å²) in [6.07, 6.45) is 3.38. The first-order valence-corrected chi connectivity index (χ1v) is 8.34. The van der Waals surface area contributed by atoms with Gasteiger partial charge in [-0.2, -0.15) is 0 Å². The van der Waals surface area contributed by atoms with Gasteiger partial charge < -0.3 is 10.1 Å². The van der Waals surface area contributed by atoms with Crippen molar-refractivity contribution in [2.75, 3.05) is 12.4 Å². The number of methoxy groups -OCH3 is 1. The van der Waals surface area contributed by atoms with Crippen LogP contribution in [0.1, 0.15) is 4.88 Å². The zero-order chi connectivity index (χ0) is 16.8. The Labute approximate surface area is 145 Å². The number of carbonyl (C=O) groups excluding carboxylic acids is 1. The van der Waals surface area contributed by atoms with E-state index < -0.39 is 0 Å². The van der Waals surface area contributed by atoms with Crippen LogP contribution in [0.5, 0.6) is 5.75 Å². The molecule has 0 fully saturated rings. The van der Waals surface area contributed by atoms with Crippen LogP contribution >= 0.6 is 11.3 Å². The average Bonchev–Trinajstić information content (AvgIpc) is 3.10. The van der Waals surface area contributed by atoms with Crippen LogP contribution in [0.15, 0.2) is 72.8 Å². The van der Waals surface area contributed by atoms with E-state index in [9.17, 15) is 4.79 Å². The fraction of sp³-hybridized carbons (Fsp3) is 0.0500.